The molecule has 0 saturated carbocycles. The summed E-state index contributed by atoms with van der Waals surface area (Å²) in [6, 6.07) is 9.75. The van der Waals surface area contributed by atoms with E-state index in [4.69, 9.17) is 18.6 Å². The number of benzene rings is 2. The van der Waals surface area contributed by atoms with E-state index in [1.165, 1.54) is 12.3 Å². The number of carbonyl (C=O) groups excluding carboxylic acids is 1. The number of nitrogens with zero attached hydrogens (tertiary/aromatic N) is 1. The summed E-state index contributed by atoms with van der Waals surface area (Å²) in [4.78, 5) is 16.4. The van der Waals surface area contributed by atoms with Crippen molar-refractivity contribution in [1.29, 1.82) is 0 Å². The maximum absolute atomic E-state index is 13.8. The molecule has 158 valence electrons. The zero-order chi connectivity index (χ0) is 21.5. The monoisotopic (exact) mass is 414 g/mol. The van der Waals surface area contributed by atoms with Crippen LogP contribution in [0.1, 0.15) is 17.9 Å². The van der Waals surface area contributed by atoms with Gasteiger partial charge in [-0.15, -0.1) is 0 Å². The molecule has 30 heavy (non-hydrogen) atoms. The summed E-state index contributed by atoms with van der Waals surface area (Å²) in [6.45, 7) is 0.258. The van der Waals surface area contributed by atoms with E-state index in [2.05, 4.69) is 10.3 Å². The van der Waals surface area contributed by atoms with Crippen LogP contribution in [0.3, 0.4) is 0 Å². The van der Waals surface area contributed by atoms with Crippen molar-refractivity contribution in [1.82, 2.24) is 10.3 Å². The SMILES string of the molecule is COc1cc(OC)c(OC)cc1CNC(=O)CCc1ncc(-c2ccccc2F)o1. The lowest BCUT2D eigenvalue weighted by Crippen LogP contribution is -2.23. The van der Waals surface area contributed by atoms with E-state index in [9.17, 15) is 9.18 Å². The molecule has 0 spiro atoms. The molecule has 1 amide bonds. The molecule has 7 nitrogen and oxygen atoms in total. The highest BCUT2D eigenvalue weighted by atomic mass is 19.1. The number of methoxy groups -OCH3 is 3. The van der Waals surface area contributed by atoms with Crippen LogP contribution < -0.4 is 19.5 Å². The summed E-state index contributed by atoms with van der Waals surface area (Å²) in [7, 11) is 4.62. The van der Waals surface area contributed by atoms with Crippen LogP contribution in [-0.2, 0) is 17.8 Å². The van der Waals surface area contributed by atoms with E-state index >= 15 is 0 Å². The molecule has 0 aliphatic rings. The van der Waals surface area contributed by atoms with Gasteiger partial charge in [-0.3, -0.25) is 4.79 Å². The Labute approximate surface area is 173 Å². The Morgan fingerprint density at radius 1 is 1.07 bits per heavy atom. The maximum Gasteiger partial charge on any atom is 0.220 e. The van der Waals surface area contributed by atoms with Crippen molar-refractivity contribution in [2.24, 2.45) is 0 Å². The van der Waals surface area contributed by atoms with E-state index < -0.39 is 0 Å². The number of halogens is 1. The summed E-state index contributed by atoms with van der Waals surface area (Å²) < 4.78 is 35.3. The second-order valence-electron chi connectivity index (χ2n) is 6.39. The predicted octanol–water partition coefficient (Wildman–Crippen LogP) is 3.76. The lowest BCUT2D eigenvalue weighted by atomic mass is 10.1. The van der Waals surface area contributed by atoms with Crippen molar-refractivity contribution >= 4 is 5.91 Å². The molecule has 0 saturated heterocycles. The van der Waals surface area contributed by atoms with Gasteiger partial charge < -0.3 is 23.9 Å². The second-order valence-corrected chi connectivity index (χ2v) is 6.39. The predicted molar refractivity (Wildman–Crippen MR) is 108 cm³/mol. The van der Waals surface area contributed by atoms with E-state index in [1.807, 2.05) is 0 Å². The zero-order valence-electron chi connectivity index (χ0n) is 17.0. The zero-order valence-corrected chi connectivity index (χ0v) is 17.0. The van der Waals surface area contributed by atoms with E-state index in [1.54, 1.807) is 51.7 Å². The largest absolute Gasteiger partial charge is 0.496 e. The van der Waals surface area contributed by atoms with Gasteiger partial charge in [-0.05, 0) is 18.2 Å². The highest BCUT2D eigenvalue weighted by Crippen LogP contribution is 2.34. The minimum absolute atomic E-state index is 0.173. The quantitative estimate of drug-likeness (QED) is 0.574. The van der Waals surface area contributed by atoms with Gasteiger partial charge in [-0.2, -0.15) is 0 Å². The van der Waals surface area contributed by atoms with Crippen molar-refractivity contribution in [2.75, 3.05) is 21.3 Å². The van der Waals surface area contributed by atoms with Crippen molar-refractivity contribution in [3.8, 4) is 28.6 Å². The van der Waals surface area contributed by atoms with Crippen LogP contribution >= 0.6 is 0 Å². The van der Waals surface area contributed by atoms with E-state index in [-0.39, 0.29) is 24.7 Å². The Morgan fingerprint density at radius 2 is 1.77 bits per heavy atom. The number of ether oxygens (including phenoxy) is 3. The number of nitrogens with one attached hydrogen (secondary N) is 1. The topological polar surface area (TPSA) is 82.8 Å². The molecule has 1 aromatic heterocycles. The van der Waals surface area contributed by atoms with Gasteiger partial charge in [0.15, 0.2) is 23.1 Å². The molecule has 1 heterocycles. The average molecular weight is 414 g/mol. The highest BCUT2D eigenvalue weighted by molar-refractivity contribution is 5.76. The Balaban J connectivity index is 1.58. The summed E-state index contributed by atoms with van der Waals surface area (Å²) >= 11 is 0. The molecular formula is C22H23FN2O5. The fraction of sp³-hybridized carbons (Fsp3) is 0.273. The number of oxazole rings is 1. The van der Waals surface area contributed by atoms with Crippen LogP contribution in [0.15, 0.2) is 47.0 Å². The molecule has 0 aliphatic carbocycles. The normalized spacial score (nSPS) is 10.5. The number of aromatic nitrogens is 1. The van der Waals surface area contributed by atoms with Crippen LogP contribution in [0.4, 0.5) is 4.39 Å². The number of hydrogen-bond acceptors (Lipinski definition) is 6. The standard InChI is InChI=1S/C22H23FN2O5/c1-27-17-11-19(29-3)18(28-2)10-14(17)12-24-21(26)8-9-22-25-13-20(30-22)15-6-4-5-7-16(15)23/h4-7,10-11,13H,8-9,12H2,1-3H3,(H,24,26). The van der Waals surface area contributed by atoms with Crippen molar-refractivity contribution < 1.29 is 27.8 Å². The van der Waals surface area contributed by atoms with Crippen LogP contribution in [0, 0.1) is 5.82 Å². The van der Waals surface area contributed by atoms with Gasteiger partial charge in [-0.1, -0.05) is 12.1 Å². The van der Waals surface area contributed by atoms with Crippen molar-refractivity contribution in [2.45, 2.75) is 19.4 Å². The number of aryl methyl sites for hydroxylation is 1. The van der Waals surface area contributed by atoms with Crippen molar-refractivity contribution in [3.63, 3.8) is 0 Å². The average Bonchev–Trinajstić information content (AvgIpc) is 3.24. The third-order valence-corrected chi connectivity index (χ3v) is 4.52. The lowest BCUT2D eigenvalue weighted by molar-refractivity contribution is -0.121. The first-order chi connectivity index (χ1) is 14.5. The molecule has 8 heteroatoms. The highest BCUT2D eigenvalue weighted by Gasteiger charge is 2.14. The molecule has 0 aliphatic heterocycles. The Hall–Kier alpha value is -3.55. The number of hydrogen-bond donors (Lipinski definition) is 1. The molecule has 1 N–H and O–H groups in total. The Kier molecular flexibility index (Phi) is 6.90. The Bertz CT molecular complexity index is 1020. The number of amides is 1. The first-order valence-electron chi connectivity index (χ1n) is 9.31. The van der Waals surface area contributed by atoms with Gasteiger partial charge in [0.25, 0.3) is 0 Å². The maximum atomic E-state index is 13.8. The van der Waals surface area contributed by atoms with E-state index in [0.717, 1.165) is 5.56 Å². The first-order valence-corrected chi connectivity index (χ1v) is 9.31. The minimum atomic E-state index is -0.387. The minimum Gasteiger partial charge on any atom is -0.496 e. The van der Waals surface area contributed by atoms with Crippen LogP contribution in [0.25, 0.3) is 11.3 Å². The third kappa shape index (κ3) is 4.89. The third-order valence-electron chi connectivity index (χ3n) is 4.52. The molecule has 0 unspecified atom stereocenters. The first kappa shape index (κ1) is 21.2. The fourth-order valence-electron chi connectivity index (χ4n) is 2.94. The lowest BCUT2D eigenvalue weighted by Gasteiger charge is -2.14. The summed E-state index contributed by atoms with van der Waals surface area (Å²) in [5, 5.41) is 2.84. The number of carbonyl (C=O) groups is 1. The molecule has 0 radical (unpaired) electrons. The van der Waals surface area contributed by atoms with Gasteiger partial charge >= 0.3 is 0 Å². The van der Waals surface area contributed by atoms with Gasteiger partial charge in [-0.25, -0.2) is 9.37 Å². The fourth-order valence-corrected chi connectivity index (χ4v) is 2.94. The van der Waals surface area contributed by atoms with Gasteiger partial charge in [0.1, 0.15) is 11.6 Å². The molecule has 3 aromatic rings. The van der Waals surface area contributed by atoms with Gasteiger partial charge in [0.2, 0.25) is 5.91 Å². The molecule has 3 rings (SSSR count). The summed E-state index contributed by atoms with van der Waals surface area (Å²) in [5.74, 6) is 1.79. The number of rotatable bonds is 9. The van der Waals surface area contributed by atoms with Gasteiger partial charge in [0.05, 0.1) is 33.1 Å². The van der Waals surface area contributed by atoms with Crippen LogP contribution in [0.5, 0.6) is 17.2 Å². The summed E-state index contributed by atoms with van der Waals surface area (Å²) in [6.07, 6.45) is 1.93. The van der Waals surface area contributed by atoms with Gasteiger partial charge in [0, 0.05) is 31.0 Å². The van der Waals surface area contributed by atoms with Crippen LogP contribution in [0.2, 0.25) is 0 Å². The van der Waals surface area contributed by atoms with E-state index in [0.29, 0.717) is 40.9 Å². The smallest absolute Gasteiger partial charge is 0.220 e. The Morgan fingerprint density at radius 3 is 2.47 bits per heavy atom. The molecule has 0 atom stereocenters. The molecule has 0 bridgehead atoms. The summed E-state index contributed by atoms with van der Waals surface area (Å²) in [5.41, 5.74) is 1.09. The second kappa shape index (κ2) is 9.78. The van der Waals surface area contributed by atoms with Crippen molar-refractivity contribution in [3.05, 3.63) is 59.9 Å². The molecule has 2 aromatic carbocycles. The molecular weight excluding hydrogens is 391 g/mol. The molecule has 0 fully saturated rings. The van der Waals surface area contributed by atoms with Crippen LogP contribution in [-0.4, -0.2) is 32.2 Å².